The molecule has 0 N–H and O–H groups in total. The Morgan fingerprint density at radius 3 is 2.79 bits per heavy atom. The van der Waals surface area contributed by atoms with Gasteiger partial charge in [-0.15, -0.1) is 10.2 Å². The van der Waals surface area contributed by atoms with Crippen LogP contribution in [-0.4, -0.2) is 49.5 Å². The van der Waals surface area contributed by atoms with Gasteiger partial charge in [0, 0.05) is 26.7 Å². The van der Waals surface area contributed by atoms with E-state index in [0.717, 1.165) is 36.2 Å². The van der Waals surface area contributed by atoms with Gasteiger partial charge in [0.25, 0.3) is 0 Å². The van der Waals surface area contributed by atoms with E-state index >= 15 is 0 Å². The molecule has 0 bridgehead atoms. The lowest BCUT2D eigenvalue weighted by molar-refractivity contribution is -0.0387. The number of benzene rings is 2. The van der Waals surface area contributed by atoms with E-state index in [9.17, 15) is 0 Å². The van der Waals surface area contributed by atoms with Crippen molar-refractivity contribution in [3.8, 4) is 0 Å². The van der Waals surface area contributed by atoms with E-state index in [1.165, 1.54) is 17.5 Å². The largest absolute Gasteiger partial charge is 0.368 e. The third kappa shape index (κ3) is 5.00. The zero-order chi connectivity index (χ0) is 22.6. The van der Waals surface area contributed by atoms with Crippen molar-refractivity contribution in [1.29, 1.82) is 0 Å². The Kier molecular flexibility index (Phi) is 6.52. The maximum Gasteiger partial charge on any atom is 0.213 e. The summed E-state index contributed by atoms with van der Waals surface area (Å²) in [7, 11) is 1.99. The van der Waals surface area contributed by atoms with E-state index < -0.39 is 0 Å². The third-order valence-corrected chi connectivity index (χ3v) is 7.02. The second-order valence-corrected chi connectivity index (χ2v) is 9.25. The summed E-state index contributed by atoms with van der Waals surface area (Å²) in [5.74, 6) is 1.43. The first-order valence-corrected chi connectivity index (χ1v) is 11.8. The van der Waals surface area contributed by atoms with Crippen LogP contribution < -0.4 is 0 Å². The van der Waals surface area contributed by atoms with Crippen LogP contribution in [0.25, 0.3) is 0 Å². The van der Waals surface area contributed by atoms with Gasteiger partial charge in [0.15, 0.2) is 16.8 Å². The minimum atomic E-state index is -0.152. The SMILES string of the molecule is Cc1cccc(C(Sc2nnc(C3CN(Cc4ccccc4)CCO3)n2C)c2ncon2)c1. The first-order valence-electron chi connectivity index (χ1n) is 10.9. The molecule has 0 saturated carbocycles. The highest BCUT2D eigenvalue weighted by atomic mass is 32.2. The van der Waals surface area contributed by atoms with Crippen LogP contribution in [0.1, 0.15) is 39.7 Å². The van der Waals surface area contributed by atoms with Crippen LogP contribution in [0.2, 0.25) is 0 Å². The zero-order valence-corrected chi connectivity index (χ0v) is 19.5. The van der Waals surface area contributed by atoms with Crippen molar-refractivity contribution in [1.82, 2.24) is 29.8 Å². The topological polar surface area (TPSA) is 82.1 Å². The summed E-state index contributed by atoms with van der Waals surface area (Å²) in [5, 5.41) is 13.7. The average molecular weight is 463 g/mol. The Morgan fingerprint density at radius 1 is 1.12 bits per heavy atom. The molecule has 0 spiro atoms. The summed E-state index contributed by atoms with van der Waals surface area (Å²) < 4.78 is 13.1. The van der Waals surface area contributed by atoms with Gasteiger partial charge in [0.2, 0.25) is 6.39 Å². The summed E-state index contributed by atoms with van der Waals surface area (Å²) >= 11 is 1.56. The molecule has 9 heteroatoms. The minimum absolute atomic E-state index is 0.128. The van der Waals surface area contributed by atoms with Gasteiger partial charge in [-0.3, -0.25) is 4.90 Å². The van der Waals surface area contributed by atoms with Gasteiger partial charge in [-0.2, -0.15) is 4.98 Å². The number of ether oxygens (including phenoxy) is 1. The maximum atomic E-state index is 6.09. The van der Waals surface area contributed by atoms with Crippen LogP contribution in [-0.2, 0) is 18.3 Å². The standard InChI is InChI=1S/C24H26N6O2S/c1-17-7-6-10-19(13-17)21(22-25-16-32-28-22)33-24-27-26-23(29(24)2)20-15-30(11-12-31-20)14-18-8-4-3-5-9-18/h3-10,13,16,20-21H,11-12,14-15H2,1-2H3. The number of morpholine rings is 1. The summed E-state index contributed by atoms with van der Waals surface area (Å²) in [4.78, 5) is 6.71. The lowest BCUT2D eigenvalue weighted by atomic mass is 10.1. The quantitative estimate of drug-likeness (QED) is 0.382. The van der Waals surface area contributed by atoms with Crippen LogP contribution in [0.15, 0.2) is 70.7 Å². The second kappa shape index (κ2) is 9.86. The smallest absolute Gasteiger partial charge is 0.213 e. The predicted molar refractivity (Wildman–Crippen MR) is 125 cm³/mol. The molecule has 5 rings (SSSR count). The fourth-order valence-electron chi connectivity index (χ4n) is 4.06. The maximum absolute atomic E-state index is 6.09. The predicted octanol–water partition coefficient (Wildman–Crippen LogP) is 3.96. The minimum Gasteiger partial charge on any atom is -0.368 e. The van der Waals surface area contributed by atoms with Crippen LogP contribution in [0.5, 0.6) is 0 Å². The Bertz CT molecular complexity index is 1180. The molecule has 170 valence electrons. The number of thioether (sulfide) groups is 1. The molecule has 2 atom stereocenters. The van der Waals surface area contributed by atoms with Crippen LogP contribution in [0.3, 0.4) is 0 Å². The number of nitrogens with zero attached hydrogens (tertiary/aromatic N) is 6. The number of aromatic nitrogens is 5. The van der Waals surface area contributed by atoms with Crippen LogP contribution >= 0.6 is 11.8 Å². The Morgan fingerprint density at radius 2 is 2.00 bits per heavy atom. The monoisotopic (exact) mass is 462 g/mol. The van der Waals surface area contributed by atoms with Gasteiger partial charge in [-0.05, 0) is 18.1 Å². The fraction of sp³-hybridized carbons (Fsp3) is 0.333. The van der Waals surface area contributed by atoms with E-state index in [4.69, 9.17) is 9.26 Å². The summed E-state index contributed by atoms with van der Waals surface area (Å²) in [6.45, 7) is 5.31. The first kappa shape index (κ1) is 21.8. The van der Waals surface area contributed by atoms with Crippen molar-refractivity contribution in [2.75, 3.05) is 19.7 Å². The molecule has 0 amide bonds. The van der Waals surface area contributed by atoms with Crippen LogP contribution in [0, 0.1) is 6.92 Å². The summed E-state index contributed by atoms with van der Waals surface area (Å²) in [6, 6.07) is 18.8. The van der Waals surface area contributed by atoms with Crippen molar-refractivity contribution < 1.29 is 9.26 Å². The Balaban J connectivity index is 1.34. The van der Waals surface area contributed by atoms with Crippen molar-refractivity contribution in [3.05, 3.63) is 89.3 Å². The summed E-state index contributed by atoms with van der Waals surface area (Å²) in [5.41, 5.74) is 3.57. The molecule has 8 nitrogen and oxygen atoms in total. The third-order valence-electron chi connectivity index (χ3n) is 5.74. The normalized spacial score (nSPS) is 17.8. The molecule has 4 aromatic rings. The highest BCUT2D eigenvalue weighted by Gasteiger charge is 2.29. The fourth-order valence-corrected chi connectivity index (χ4v) is 5.10. The van der Waals surface area contributed by atoms with E-state index in [-0.39, 0.29) is 11.4 Å². The highest BCUT2D eigenvalue weighted by Crippen LogP contribution is 2.39. The molecule has 1 aliphatic rings. The highest BCUT2D eigenvalue weighted by molar-refractivity contribution is 7.99. The Hall–Kier alpha value is -3.01. The molecule has 2 unspecified atom stereocenters. The van der Waals surface area contributed by atoms with Crippen molar-refractivity contribution in [2.24, 2.45) is 7.05 Å². The molecule has 2 aromatic heterocycles. The number of rotatable bonds is 7. The second-order valence-electron chi connectivity index (χ2n) is 8.18. The van der Waals surface area contributed by atoms with E-state index in [0.29, 0.717) is 12.4 Å². The number of hydrogen-bond donors (Lipinski definition) is 0. The van der Waals surface area contributed by atoms with Gasteiger partial charge in [-0.25, -0.2) is 0 Å². The van der Waals surface area contributed by atoms with Gasteiger partial charge >= 0.3 is 0 Å². The number of hydrogen-bond acceptors (Lipinski definition) is 8. The van der Waals surface area contributed by atoms with Gasteiger partial charge < -0.3 is 13.8 Å². The van der Waals surface area contributed by atoms with Crippen molar-refractivity contribution in [2.45, 2.75) is 30.0 Å². The molecule has 0 aliphatic carbocycles. The lowest BCUT2D eigenvalue weighted by Crippen LogP contribution is -2.38. The molecule has 1 saturated heterocycles. The number of aryl methyl sites for hydroxylation is 1. The molecular weight excluding hydrogens is 436 g/mol. The average Bonchev–Trinajstić information content (AvgIpc) is 3.48. The van der Waals surface area contributed by atoms with Gasteiger partial charge in [0.05, 0.1) is 6.61 Å². The Labute approximate surface area is 197 Å². The first-order chi connectivity index (χ1) is 16.2. The molecule has 1 fully saturated rings. The van der Waals surface area contributed by atoms with Crippen LogP contribution in [0.4, 0.5) is 0 Å². The van der Waals surface area contributed by atoms with Gasteiger partial charge in [0.1, 0.15) is 11.4 Å². The van der Waals surface area contributed by atoms with E-state index in [2.05, 4.69) is 74.6 Å². The summed E-state index contributed by atoms with van der Waals surface area (Å²) in [6.07, 6.45) is 1.23. The molecule has 2 aromatic carbocycles. The van der Waals surface area contributed by atoms with Crippen molar-refractivity contribution >= 4 is 11.8 Å². The molecule has 33 heavy (non-hydrogen) atoms. The molecular formula is C24H26N6O2S. The lowest BCUT2D eigenvalue weighted by Gasteiger charge is -2.32. The van der Waals surface area contributed by atoms with E-state index in [1.54, 1.807) is 11.8 Å². The molecule has 1 aliphatic heterocycles. The van der Waals surface area contributed by atoms with Gasteiger partial charge in [-0.1, -0.05) is 77.1 Å². The molecule has 0 radical (unpaired) electrons. The molecule has 3 heterocycles. The van der Waals surface area contributed by atoms with Crippen molar-refractivity contribution in [3.63, 3.8) is 0 Å². The zero-order valence-electron chi connectivity index (χ0n) is 18.7. The van der Waals surface area contributed by atoms with E-state index in [1.807, 2.05) is 23.7 Å².